The summed E-state index contributed by atoms with van der Waals surface area (Å²) in [6.45, 7) is 17.0. The average molecular weight is 582 g/mol. The largest absolute Gasteiger partial charge is 0.394 e. The molecule has 4 rings (SSSR count). The number of nitrogens with zero attached hydrogens (tertiary/aromatic N) is 3. The molecule has 3 aliphatic rings. The predicted molar refractivity (Wildman–Crippen MR) is 165 cm³/mol. The highest BCUT2D eigenvalue weighted by Gasteiger charge is 2.78. The highest BCUT2D eigenvalue weighted by molar-refractivity contribution is 8.02. The fourth-order valence-electron chi connectivity index (χ4n) is 7.57. The van der Waals surface area contributed by atoms with Gasteiger partial charge in [0.15, 0.2) is 0 Å². The Morgan fingerprint density at radius 3 is 2.41 bits per heavy atom. The molecule has 3 amide bonds. The number of carbonyl (C=O) groups is 3. The molecular formula is C33H47N3O4S. The van der Waals surface area contributed by atoms with Crippen LogP contribution in [0.5, 0.6) is 0 Å². The van der Waals surface area contributed by atoms with Gasteiger partial charge in [-0.2, -0.15) is 0 Å². The first kappa shape index (κ1) is 31.4. The minimum Gasteiger partial charge on any atom is -0.394 e. The van der Waals surface area contributed by atoms with Gasteiger partial charge in [0.25, 0.3) is 0 Å². The first-order chi connectivity index (χ1) is 19.6. The lowest BCUT2D eigenvalue weighted by Gasteiger charge is -2.41. The summed E-state index contributed by atoms with van der Waals surface area (Å²) in [6.07, 6.45) is 7.22. The maximum atomic E-state index is 14.6. The highest BCUT2D eigenvalue weighted by Crippen LogP contribution is 2.72. The van der Waals surface area contributed by atoms with Crippen LogP contribution in [0.1, 0.15) is 65.4 Å². The molecule has 3 aliphatic heterocycles. The van der Waals surface area contributed by atoms with Gasteiger partial charge < -0.3 is 19.8 Å². The van der Waals surface area contributed by atoms with Crippen molar-refractivity contribution in [2.75, 3.05) is 19.7 Å². The normalized spacial score (nSPS) is 29.6. The van der Waals surface area contributed by atoms with E-state index < -0.39 is 33.4 Å². The van der Waals surface area contributed by atoms with Crippen LogP contribution in [0.4, 0.5) is 0 Å². The lowest BCUT2D eigenvalue weighted by Crippen LogP contribution is -2.58. The molecule has 0 aliphatic carbocycles. The van der Waals surface area contributed by atoms with Gasteiger partial charge in [-0.1, -0.05) is 62.8 Å². The molecule has 7 nitrogen and oxygen atoms in total. The maximum absolute atomic E-state index is 14.6. The Morgan fingerprint density at radius 1 is 1.15 bits per heavy atom. The molecule has 0 saturated carbocycles. The molecule has 1 aromatic carbocycles. The summed E-state index contributed by atoms with van der Waals surface area (Å²) >= 11 is 1.68. The van der Waals surface area contributed by atoms with Crippen LogP contribution in [-0.4, -0.2) is 84.8 Å². The van der Waals surface area contributed by atoms with E-state index in [-0.39, 0.29) is 30.4 Å². The van der Waals surface area contributed by atoms with Crippen LogP contribution in [0.15, 0.2) is 55.6 Å². The highest BCUT2D eigenvalue weighted by atomic mass is 32.2. The van der Waals surface area contributed by atoms with E-state index in [9.17, 15) is 19.5 Å². The SMILES string of the molecule is C=CCN(Cc1ccccc1)C(=O)[C@H]1[C@H]2C(=O)N([C@@H](CC)CO)C(C(=O)N(CC=C)C(C)CCC)C23CC[C@]1(C)S3. The molecule has 1 spiro atoms. The van der Waals surface area contributed by atoms with E-state index in [1.54, 1.807) is 33.7 Å². The van der Waals surface area contributed by atoms with Crippen molar-refractivity contribution in [2.24, 2.45) is 11.8 Å². The van der Waals surface area contributed by atoms with Crippen LogP contribution >= 0.6 is 11.8 Å². The van der Waals surface area contributed by atoms with Crippen molar-refractivity contribution in [1.82, 2.24) is 14.7 Å². The van der Waals surface area contributed by atoms with Gasteiger partial charge in [0.1, 0.15) is 6.04 Å². The van der Waals surface area contributed by atoms with Crippen LogP contribution in [0.2, 0.25) is 0 Å². The Labute approximate surface area is 250 Å². The third-order valence-electron chi connectivity index (χ3n) is 9.51. The van der Waals surface area contributed by atoms with Gasteiger partial charge in [-0.15, -0.1) is 24.9 Å². The number of aliphatic hydroxyl groups is 1. The Hall–Kier alpha value is -2.58. The van der Waals surface area contributed by atoms with Crippen LogP contribution in [0, 0.1) is 11.8 Å². The Balaban J connectivity index is 1.78. The van der Waals surface area contributed by atoms with Gasteiger partial charge in [0.2, 0.25) is 17.7 Å². The number of amides is 3. The topological polar surface area (TPSA) is 81.2 Å². The zero-order valence-corrected chi connectivity index (χ0v) is 25.9. The first-order valence-corrected chi connectivity index (χ1v) is 15.9. The molecule has 3 heterocycles. The lowest BCUT2D eigenvalue weighted by atomic mass is 9.66. The van der Waals surface area contributed by atoms with E-state index in [0.717, 1.165) is 24.8 Å². The van der Waals surface area contributed by atoms with Crippen molar-refractivity contribution in [3.8, 4) is 0 Å². The molecular weight excluding hydrogens is 534 g/mol. The fraction of sp³-hybridized carbons (Fsp3) is 0.606. The summed E-state index contributed by atoms with van der Waals surface area (Å²) < 4.78 is -1.18. The van der Waals surface area contributed by atoms with Gasteiger partial charge in [-0.05, 0) is 45.1 Å². The van der Waals surface area contributed by atoms with Gasteiger partial charge in [-0.25, -0.2) is 0 Å². The van der Waals surface area contributed by atoms with Gasteiger partial charge >= 0.3 is 0 Å². The second-order valence-electron chi connectivity index (χ2n) is 12.1. The minimum absolute atomic E-state index is 0.0160. The molecule has 0 radical (unpaired) electrons. The van der Waals surface area contributed by atoms with Crippen molar-refractivity contribution < 1.29 is 19.5 Å². The van der Waals surface area contributed by atoms with E-state index >= 15 is 0 Å². The van der Waals surface area contributed by atoms with Crippen LogP contribution in [-0.2, 0) is 20.9 Å². The van der Waals surface area contributed by atoms with Gasteiger partial charge in [0, 0.05) is 30.4 Å². The maximum Gasteiger partial charge on any atom is 0.247 e. The van der Waals surface area contributed by atoms with Crippen molar-refractivity contribution in [1.29, 1.82) is 0 Å². The number of benzene rings is 1. The summed E-state index contributed by atoms with van der Waals surface area (Å²) in [5.41, 5.74) is 1.02. The monoisotopic (exact) mass is 581 g/mol. The van der Waals surface area contributed by atoms with E-state index in [4.69, 9.17) is 0 Å². The summed E-state index contributed by atoms with van der Waals surface area (Å²) in [4.78, 5) is 49.0. The van der Waals surface area contributed by atoms with Crippen molar-refractivity contribution in [3.63, 3.8) is 0 Å². The third-order valence-corrected chi connectivity index (χ3v) is 11.5. The molecule has 7 atom stereocenters. The van der Waals surface area contributed by atoms with Crippen LogP contribution in [0.25, 0.3) is 0 Å². The quantitative estimate of drug-likeness (QED) is 0.324. The molecule has 2 bridgehead atoms. The molecule has 3 unspecified atom stereocenters. The van der Waals surface area contributed by atoms with Crippen molar-refractivity contribution in [3.05, 3.63) is 61.2 Å². The molecule has 1 aromatic rings. The zero-order valence-electron chi connectivity index (χ0n) is 25.1. The van der Waals surface area contributed by atoms with Crippen LogP contribution in [0.3, 0.4) is 0 Å². The Bertz CT molecular complexity index is 1140. The smallest absolute Gasteiger partial charge is 0.247 e. The second kappa shape index (κ2) is 12.7. The molecule has 0 aromatic heterocycles. The average Bonchev–Trinajstić information content (AvgIpc) is 3.53. The number of likely N-dealkylation sites (tertiary alicyclic amines) is 1. The number of aliphatic hydroxyl groups excluding tert-OH is 1. The Kier molecular flexibility index (Phi) is 9.74. The molecule has 1 N–H and O–H groups in total. The lowest BCUT2D eigenvalue weighted by molar-refractivity contribution is -0.148. The van der Waals surface area contributed by atoms with Crippen molar-refractivity contribution in [2.45, 2.75) is 94.0 Å². The number of thioether (sulfide) groups is 1. The van der Waals surface area contributed by atoms with Crippen molar-refractivity contribution >= 4 is 29.5 Å². The summed E-state index contributed by atoms with van der Waals surface area (Å²) in [5, 5.41) is 10.4. The van der Waals surface area contributed by atoms with Gasteiger partial charge in [0.05, 0.1) is 29.2 Å². The number of fused-ring (bicyclic) bond motifs is 1. The summed E-state index contributed by atoms with van der Waals surface area (Å²) in [7, 11) is 0. The standard InChI is InChI=1S/C33H47N3O4S/c1-7-14-23(5)35(20-9-3)31(40)28-33-18-17-32(6,41-33)26(27(33)30(39)36(28)25(10-4)22-37)29(38)34(19-8-2)21-24-15-12-11-13-16-24/h8-9,11-13,15-16,23,25-28,37H,2-3,7,10,14,17-22H2,1,4-6H3/t23?,25-,26+,27-,28?,32-,33?/m0/s1. The van der Waals surface area contributed by atoms with E-state index in [2.05, 4.69) is 27.0 Å². The minimum atomic E-state index is -0.733. The number of rotatable bonds is 14. The number of carbonyl (C=O) groups excluding carboxylic acids is 3. The summed E-state index contributed by atoms with van der Waals surface area (Å²) in [5.74, 6) is -1.50. The first-order valence-electron chi connectivity index (χ1n) is 15.1. The summed E-state index contributed by atoms with van der Waals surface area (Å²) in [6, 6.07) is 8.62. The fourth-order valence-corrected chi connectivity index (χ4v) is 9.90. The number of hydrogen-bond donors (Lipinski definition) is 1. The molecule has 3 saturated heterocycles. The van der Waals surface area contributed by atoms with E-state index in [0.29, 0.717) is 32.5 Å². The van der Waals surface area contributed by atoms with E-state index in [1.165, 1.54) is 0 Å². The molecule has 8 heteroatoms. The second-order valence-corrected chi connectivity index (χ2v) is 14.0. The number of hydrogen-bond acceptors (Lipinski definition) is 5. The predicted octanol–water partition coefficient (Wildman–Crippen LogP) is 4.66. The van der Waals surface area contributed by atoms with Gasteiger partial charge in [-0.3, -0.25) is 14.4 Å². The van der Waals surface area contributed by atoms with E-state index in [1.807, 2.05) is 49.1 Å². The molecule has 224 valence electrons. The molecule has 41 heavy (non-hydrogen) atoms. The zero-order chi connectivity index (χ0) is 29.9. The molecule has 3 fully saturated rings. The third kappa shape index (κ3) is 5.38. The Morgan fingerprint density at radius 2 is 1.83 bits per heavy atom. The van der Waals surface area contributed by atoms with Crippen LogP contribution < -0.4 is 0 Å².